The van der Waals surface area contributed by atoms with E-state index >= 15 is 0 Å². The predicted molar refractivity (Wildman–Crippen MR) is 136 cm³/mol. The van der Waals surface area contributed by atoms with Crippen LogP contribution in [0.2, 0.25) is 0 Å². The summed E-state index contributed by atoms with van der Waals surface area (Å²) in [4.78, 5) is 0. The van der Waals surface area contributed by atoms with E-state index in [1.807, 2.05) is 13.8 Å². The average molecular weight is 469 g/mol. The van der Waals surface area contributed by atoms with E-state index in [1.54, 1.807) is 0 Å². The summed E-state index contributed by atoms with van der Waals surface area (Å²) >= 11 is 0. The van der Waals surface area contributed by atoms with Crippen LogP contribution in [0.25, 0.3) is 0 Å². The van der Waals surface area contributed by atoms with Crippen molar-refractivity contribution in [2.24, 2.45) is 0 Å². The van der Waals surface area contributed by atoms with E-state index in [0.717, 1.165) is 31.1 Å². The molecule has 0 spiro atoms. The minimum absolute atomic E-state index is 0.347. The van der Waals surface area contributed by atoms with Crippen LogP contribution in [-0.2, 0) is 17.9 Å². The van der Waals surface area contributed by atoms with Crippen molar-refractivity contribution in [3.63, 3.8) is 0 Å². The molecule has 0 aromatic carbocycles. The molecule has 0 fully saturated rings. The molecule has 30 heavy (non-hydrogen) atoms. The van der Waals surface area contributed by atoms with Gasteiger partial charge in [-0.05, 0) is 0 Å². The number of phosphoric ester groups is 1. The van der Waals surface area contributed by atoms with E-state index in [0.29, 0.717) is 13.2 Å². The number of phosphoric acid groups is 1. The average Bonchev–Trinajstić information content (AvgIpc) is 2.74. The van der Waals surface area contributed by atoms with Gasteiger partial charge in [0.25, 0.3) is 0 Å². The Morgan fingerprint density at radius 1 is 0.567 bits per heavy atom. The molecule has 0 heterocycles. The summed E-state index contributed by atoms with van der Waals surface area (Å²) in [5, 5.41) is 0. The topological polar surface area (TPSA) is 44.8 Å². The third-order valence-electron chi connectivity index (χ3n) is 6.88. The van der Waals surface area contributed by atoms with Crippen LogP contribution in [0.15, 0.2) is 0 Å². The minimum atomic E-state index is -3.48. The van der Waals surface area contributed by atoms with Crippen LogP contribution < -0.4 is 0 Å². The first-order chi connectivity index (χ1) is 14.4. The van der Waals surface area contributed by atoms with Crippen LogP contribution in [0.1, 0.15) is 119 Å². The monoisotopic (exact) mass is 468 g/mol. The summed E-state index contributed by atoms with van der Waals surface area (Å²) < 4.78 is 30.7. The summed E-state index contributed by atoms with van der Waals surface area (Å²) in [7, 11) is -3.48. The van der Waals surface area contributed by atoms with Crippen molar-refractivity contribution >= 4 is 14.7 Å². The Morgan fingerprint density at radius 3 is 1.27 bits per heavy atom. The molecular formula is C24H54O4P2. The van der Waals surface area contributed by atoms with Gasteiger partial charge in [0, 0.05) is 0 Å². The first-order valence-corrected chi connectivity index (χ1v) is 17.4. The Labute approximate surface area is 189 Å². The van der Waals surface area contributed by atoms with Crippen LogP contribution in [0.3, 0.4) is 0 Å². The number of unbranched alkanes of at least 4 members (excludes halogenated alkanes) is 11. The molecule has 0 aromatic heterocycles. The first-order valence-electron chi connectivity index (χ1n) is 13.0. The van der Waals surface area contributed by atoms with Crippen LogP contribution in [0.5, 0.6) is 0 Å². The molecule has 0 bridgehead atoms. The molecule has 0 atom stereocenters. The molecule has 0 radical (unpaired) electrons. The normalized spacial score (nSPS) is 14.0. The fraction of sp³-hybridized carbons (Fsp3) is 1.00. The molecule has 0 N–H and O–H groups in total. The quantitative estimate of drug-likeness (QED) is 0.117. The van der Waals surface area contributed by atoms with Gasteiger partial charge < -0.3 is 0 Å². The van der Waals surface area contributed by atoms with E-state index in [9.17, 15) is 4.57 Å². The third-order valence-corrected chi connectivity index (χ3v) is 16.9. The van der Waals surface area contributed by atoms with Crippen molar-refractivity contribution in [3.05, 3.63) is 0 Å². The van der Waals surface area contributed by atoms with Gasteiger partial charge in [-0.2, -0.15) is 0 Å². The van der Waals surface area contributed by atoms with Crippen LogP contribution in [-0.4, -0.2) is 37.9 Å². The van der Waals surface area contributed by atoms with Crippen LogP contribution >= 0.6 is 14.7 Å². The fourth-order valence-electron chi connectivity index (χ4n) is 4.40. The predicted octanol–water partition coefficient (Wildman–Crippen LogP) is 9.41. The fourth-order valence-corrected chi connectivity index (χ4v) is 12.8. The van der Waals surface area contributed by atoms with Crippen molar-refractivity contribution in [3.8, 4) is 0 Å². The number of hydrogen-bond donors (Lipinski definition) is 0. The van der Waals surface area contributed by atoms with E-state index < -0.39 is 14.7 Å². The van der Waals surface area contributed by atoms with Gasteiger partial charge in [0.05, 0.1) is 0 Å². The molecule has 184 valence electrons. The molecule has 6 heteroatoms. The zero-order valence-corrected chi connectivity index (χ0v) is 23.0. The number of rotatable bonds is 22. The maximum atomic E-state index is 13.2. The van der Waals surface area contributed by atoms with Crippen LogP contribution in [0.4, 0.5) is 0 Å². The van der Waals surface area contributed by atoms with Crippen molar-refractivity contribution in [1.82, 2.24) is 0 Å². The van der Waals surface area contributed by atoms with Crippen molar-refractivity contribution in [2.45, 2.75) is 119 Å². The van der Waals surface area contributed by atoms with Gasteiger partial charge in [-0.25, -0.2) is 0 Å². The second-order valence-electron chi connectivity index (χ2n) is 8.78. The number of hydrogen-bond acceptors (Lipinski definition) is 4. The summed E-state index contributed by atoms with van der Waals surface area (Å²) in [6.07, 6.45) is 20.0. The Morgan fingerprint density at radius 2 is 0.933 bits per heavy atom. The summed E-state index contributed by atoms with van der Waals surface area (Å²) in [5.41, 5.74) is 0. The molecule has 0 rings (SSSR count). The van der Waals surface area contributed by atoms with Crippen molar-refractivity contribution < 1.29 is 17.9 Å². The Kier molecular flexibility index (Phi) is 17.4. The van der Waals surface area contributed by atoms with Gasteiger partial charge in [0.1, 0.15) is 0 Å². The van der Waals surface area contributed by atoms with Gasteiger partial charge in [-0.15, -0.1) is 0 Å². The molecule has 0 amide bonds. The molecule has 0 unspecified atom stereocenters. The molecule has 0 aromatic rings. The van der Waals surface area contributed by atoms with Gasteiger partial charge in [0.15, 0.2) is 0 Å². The maximum absolute atomic E-state index is 13.2. The second kappa shape index (κ2) is 17.1. The molecule has 0 aliphatic heterocycles. The van der Waals surface area contributed by atoms with Gasteiger partial charge >= 0.3 is 176 Å². The summed E-state index contributed by atoms with van der Waals surface area (Å²) in [5.74, 6) is 0. The molecule has 4 nitrogen and oxygen atoms in total. The molecule has 0 aliphatic carbocycles. The Bertz CT molecular complexity index is 431. The Balaban J connectivity index is 4.45. The third kappa shape index (κ3) is 11.4. The van der Waals surface area contributed by atoms with E-state index in [-0.39, 0.29) is 0 Å². The van der Waals surface area contributed by atoms with E-state index in [2.05, 4.69) is 27.7 Å². The zero-order valence-electron chi connectivity index (χ0n) is 21.3. The van der Waals surface area contributed by atoms with Gasteiger partial charge in [-0.3, -0.25) is 0 Å². The van der Waals surface area contributed by atoms with Crippen LogP contribution in [0, 0.1) is 0 Å². The zero-order chi connectivity index (χ0) is 22.8. The van der Waals surface area contributed by atoms with Gasteiger partial charge in [0.2, 0.25) is 0 Å². The summed E-state index contributed by atoms with van der Waals surface area (Å²) in [6, 6.07) is 0. The SMILES string of the molecule is CCCCCCCCCCCCCCP(CC)(CC)(CC)OP(=O)(OCC)OCC. The first kappa shape index (κ1) is 30.5. The Hall–Kier alpha value is 0.540. The van der Waals surface area contributed by atoms with E-state index in [4.69, 9.17) is 13.4 Å². The molecule has 0 aliphatic rings. The van der Waals surface area contributed by atoms with Gasteiger partial charge in [-0.1, -0.05) is 13.3 Å². The molecule has 0 saturated carbocycles. The van der Waals surface area contributed by atoms with Crippen molar-refractivity contribution in [2.75, 3.05) is 37.9 Å². The standard InChI is InChI=1S/C24H54O4P2/c1-7-13-14-15-16-17-18-19-20-21-22-23-24-30(10-4,11-5,12-6)28-29(25,26-8-2)27-9-3/h7-24H2,1-6H3. The summed E-state index contributed by atoms with van der Waals surface area (Å²) in [6.45, 7) is 10.7. The molecule has 0 saturated heterocycles. The second-order valence-corrected chi connectivity index (χ2v) is 16.9. The molecular weight excluding hydrogens is 414 g/mol. The van der Waals surface area contributed by atoms with E-state index in [1.165, 1.54) is 70.6 Å². The van der Waals surface area contributed by atoms with Crippen molar-refractivity contribution in [1.29, 1.82) is 0 Å².